The average molecular weight is 291 g/mol. The van der Waals surface area contributed by atoms with Crippen LogP contribution in [-0.2, 0) is 5.60 Å². The molecule has 1 heterocycles. The van der Waals surface area contributed by atoms with Crippen molar-refractivity contribution in [3.63, 3.8) is 0 Å². The Morgan fingerprint density at radius 3 is 2.52 bits per heavy atom. The minimum Gasteiger partial charge on any atom is -0.493 e. The van der Waals surface area contributed by atoms with E-state index in [2.05, 4.69) is 25.7 Å². The predicted molar refractivity (Wildman–Crippen MR) is 86.6 cm³/mol. The monoisotopic (exact) mass is 291 g/mol. The lowest BCUT2D eigenvalue weighted by Gasteiger charge is -2.39. The normalized spacial score (nSPS) is 18.9. The van der Waals surface area contributed by atoms with Crippen LogP contribution in [0, 0.1) is 5.92 Å². The molecule has 1 aliphatic heterocycles. The van der Waals surface area contributed by atoms with Gasteiger partial charge in [-0.15, -0.1) is 0 Å². The van der Waals surface area contributed by atoms with Crippen molar-refractivity contribution in [3.05, 3.63) is 29.8 Å². The van der Waals surface area contributed by atoms with Gasteiger partial charge in [-0.2, -0.15) is 0 Å². The van der Waals surface area contributed by atoms with E-state index in [0.29, 0.717) is 12.5 Å². The van der Waals surface area contributed by atoms with E-state index in [1.807, 2.05) is 24.3 Å². The molecule has 21 heavy (non-hydrogen) atoms. The van der Waals surface area contributed by atoms with Gasteiger partial charge in [0.05, 0.1) is 12.2 Å². The first-order valence-corrected chi connectivity index (χ1v) is 8.22. The fourth-order valence-corrected chi connectivity index (χ4v) is 3.08. The summed E-state index contributed by atoms with van der Waals surface area (Å²) in [4.78, 5) is 2.45. The highest BCUT2D eigenvalue weighted by Crippen LogP contribution is 2.38. The first-order valence-electron chi connectivity index (χ1n) is 8.22. The maximum Gasteiger partial charge on any atom is 0.125 e. The minimum absolute atomic E-state index is 0.677. The Balaban J connectivity index is 2.07. The Morgan fingerprint density at radius 2 is 1.90 bits per heavy atom. The Morgan fingerprint density at radius 1 is 1.24 bits per heavy atom. The molecule has 0 aromatic heterocycles. The van der Waals surface area contributed by atoms with Crippen LogP contribution in [0.15, 0.2) is 24.3 Å². The fourth-order valence-electron chi connectivity index (χ4n) is 3.08. The number of para-hydroxylation sites is 1. The molecule has 0 saturated carbocycles. The summed E-state index contributed by atoms with van der Waals surface area (Å²) in [7, 11) is 0. The number of likely N-dealkylation sites (tertiary alicyclic amines) is 1. The number of hydrogen-bond donors (Lipinski definition) is 1. The van der Waals surface area contributed by atoms with Crippen molar-refractivity contribution < 1.29 is 9.84 Å². The van der Waals surface area contributed by atoms with Gasteiger partial charge >= 0.3 is 0 Å². The molecule has 1 aromatic carbocycles. The van der Waals surface area contributed by atoms with Crippen LogP contribution in [0.1, 0.15) is 45.6 Å². The largest absolute Gasteiger partial charge is 0.493 e. The van der Waals surface area contributed by atoms with Crippen molar-refractivity contribution in [3.8, 4) is 5.75 Å². The van der Waals surface area contributed by atoms with Gasteiger partial charge in [0.15, 0.2) is 0 Å². The van der Waals surface area contributed by atoms with Gasteiger partial charge in [-0.25, -0.2) is 0 Å². The van der Waals surface area contributed by atoms with Crippen LogP contribution < -0.4 is 4.74 Å². The zero-order valence-electron chi connectivity index (χ0n) is 13.6. The third-order valence-electron chi connectivity index (χ3n) is 4.16. The molecular formula is C18H29NO2. The second-order valence-corrected chi connectivity index (χ2v) is 6.57. The summed E-state index contributed by atoms with van der Waals surface area (Å²) in [5.41, 5.74) is 0.223. The Labute approximate surface area is 128 Å². The van der Waals surface area contributed by atoms with Crippen LogP contribution in [0.3, 0.4) is 0 Å². The van der Waals surface area contributed by atoms with Crippen LogP contribution in [-0.4, -0.2) is 36.2 Å². The lowest BCUT2D eigenvalue weighted by molar-refractivity contribution is -0.0297. The quantitative estimate of drug-likeness (QED) is 0.872. The van der Waals surface area contributed by atoms with Gasteiger partial charge in [-0.3, -0.25) is 0 Å². The third kappa shape index (κ3) is 4.21. The van der Waals surface area contributed by atoms with E-state index >= 15 is 0 Å². The summed E-state index contributed by atoms with van der Waals surface area (Å²) in [6.45, 7) is 10.3. The molecule has 0 radical (unpaired) electrons. The molecule has 1 aliphatic rings. The second-order valence-electron chi connectivity index (χ2n) is 6.57. The molecule has 1 fully saturated rings. The maximum atomic E-state index is 11.1. The lowest BCUT2D eigenvalue weighted by atomic mass is 9.83. The molecule has 3 nitrogen and oxygen atoms in total. The highest BCUT2D eigenvalue weighted by Gasteiger charge is 2.36. The first kappa shape index (κ1) is 16.3. The predicted octanol–water partition coefficient (Wildman–Crippen LogP) is 3.41. The summed E-state index contributed by atoms with van der Waals surface area (Å²) >= 11 is 0. The summed E-state index contributed by atoms with van der Waals surface area (Å²) in [6.07, 6.45) is 2.55. The fraction of sp³-hybridized carbons (Fsp3) is 0.667. The summed E-state index contributed by atoms with van der Waals surface area (Å²) in [5, 5.41) is 11.1. The summed E-state index contributed by atoms with van der Waals surface area (Å²) < 4.78 is 5.82. The zero-order chi connectivity index (χ0) is 15.3. The van der Waals surface area contributed by atoms with E-state index in [1.54, 1.807) is 0 Å². The van der Waals surface area contributed by atoms with E-state index in [0.717, 1.165) is 50.2 Å². The zero-order valence-corrected chi connectivity index (χ0v) is 13.6. The molecule has 2 rings (SSSR count). The van der Waals surface area contributed by atoms with Crippen LogP contribution in [0.5, 0.6) is 5.75 Å². The molecule has 0 aliphatic carbocycles. The second kappa shape index (κ2) is 7.28. The summed E-state index contributed by atoms with van der Waals surface area (Å²) in [6, 6.07) is 7.96. The number of piperidine rings is 1. The number of ether oxygens (including phenoxy) is 1. The van der Waals surface area contributed by atoms with Crippen molar-refractivity contribution in [1.29, 1.82) is 0 Å². The molecule has 1 N–H and O–H groups in total. The van der Waals surface area contributed by atoms with E-state index in [1.165, 1.54) is 0 Å². The highest BCUT2D eigenvalue weighted by molar-refractivity contribution is 5.38. The maximum absolute atomic E-state index is 11.1. The van der Waals surface area contributed by atoms with E-state index in [9.17, 15) is 5.11 Å². The standard InChI is InChI=1S/C18H29NO2/c1-4-13-21-17-8-6-5-7-16(17)18(20)9-11-19(12-10-18)14-15(2)3/h5-8,15,20H,4,9-14H2,1-3H3. The number of aliphatic hydroxyl groups is 1. The topological polar surface area (TPSA) is 32.7 Å². The van der Waals surface area contributed by atoms with Crippen molar-refractivity contribution >= 4 is 0 Å². The molecule has 0 bridgehead atoms. The number of rotatable bonds is 6. The smallest absolute Gasteiger partial charge is 0.125 e. The first-order chi connectivity index (χ1) is 10.0. The van der Waals surface area contributed by atoms with Gasteiger partial charge in [0.25, 0.3) is 0 Å². The van der Waals surface area contributed by atoms with Gasteiger partial charge < -0.3 is 14.7 Å². The van der Waals surface area contributed by atoms with Gasteiger partial charge in [-0.1, -0.05) is 39.0 Å². The Bertz CT molecular complexity index is 437. The van der Waals surface area contributed by atoms with E-state index < -0.39 is 5.60 Å². The Hall–Kier alpha value is -1.06. The Kier molecular flexibility index (Phi) is 5.65. The van der Waals surface area contributed by atoms with Gasteiger partial charge in [-0.05, 0) is 31.2 Å². The molecule has 118 valence electrons. The van der Waals surface area contributed by atoms with Crippen LogP contribution >= 0.6 is 0 Å². The van der Waals surface area contributed by atoms with Crippen LogP contribution in [0.2, 0.25) is 0 Å². The van der Waals surface area contributed by atoms with Gasteiger partial charge in [0, 0.05) is 25.2 Å². The summed E-state index contributed by atoms with van der Waals surface area (Å²) in [5.74, 6) is 1.52. The highest BCUT2D eigenvalue weighted by atomic mass is 16.5. The van der Waals surface area contributed by atoms with Crippen molar-refractivity contribution in [2.45, 2.75) is 45.6 Å². The lowest BCUT2D eigenvalue weighted by Crippen LogP contribution is -2.43. The third-order valence-corrected chi connectivity index (χ3v) is 4.16. The SMILES string of the molecule is CCCOc1ccccc1C1(O)CCN(CC(C)C)CC1. The molecule has 0 amide bonds. The van der Waals surface area contributed by atoms with Crippen LogP contribution in [0.25, 0.3) is 0 Å². The molecule has 0 unspecified atom stereocenters. The van der Waals surface area contributed by atoms with E-state index in [-0.39, 0.29) is 0 Å². The molecule has 1 aromatic rings. The molecule has 0 spiro atoms. The van der Waals surface area contributed by atoms with Crippen molar-refractivity contribution in [1.82, 2.24) is 4.90 Å². The molecule has 3 heteroatoms. The number of nitrogens with zero attached hydrogens (tertiary/aromatic N) is 1. The molecule has 0 atom stereocenters. The van der Waals surface area contributed by atoms with Gasteiger partial charge in [0.1, 0.15) is 5.75 Å². The van der Waals surface area contributed by atoms with Crippen molar-refractivity contribution in [2.75, 3.05) is 26.2 Å². The minimum atomic E-state index is -0.738. The van der Waals surface area contributed by atoms with E-state index in [4.69, 9.17) is 4.74 Å². The number of hydrogen-bond acceptors (Lipinski definition) is 3. The average Bonchev–Trinajstić information content (AvgIpc) is 2.47. The van der Waals surface area contributed by atoms with Gasteiger partial charge in [0.2, 0.25) is 0 Å². The van der Waals surface area contributed by atoms with Crippen molar-refractivity contribution in [2.24, 2.45) is 5.92 Å². The number of benzene rings is 1. The van der Waals surface area contributed by atoms with Crippen LogP contribution in [0.4, 0.5) is 0 Å². The molecular weight excluding hydrogens is 262 g/mol. The molecule has 1 saturated heterocycles.